The molecule has 0 unspecified atom stereocenters. The molecule has 1 N–H and O–H groups in total. The number of carbonyl (C=O) groups excluding carboxylic acids is 1. The molecule has 1 amide bonds. The van der Waals surface area contributed by atoms with E-state index in [1.807, 2.05) is 0 Å². The zero-order chi connectivity index (χ0) is 18.5. The third-order valence-corrected chi connectivity index (χ3v) is 3.81. The maximum atomic E-state index is 12.4. The van der Waals surface area contributed by atoms with Crippen molar-refractivity contribution in [2.75, 3.05) is 19.5 Å². The number of nitrogens with one attached hydrogen (secondary N) is 1. The van der Waals surface area contributed by atoms with Crippen LogP contribution in [0.4, 0.5) is 5.69 Å². The molecule has 0 radical (unpaired) electrons. The van der Waals surface area contributed by atoms with Crippen LogP contribution < -0.4 is 14.8 Å². The van der Waals surface area contributed by atoms with E-state index in [0.29, 0.717) is 28.0 Å². The number of ether oxygens (including phenoxy) is 2. The van der Waals surface area contributed by atoms with E-state index >= 15 is 0 Å². The molecule has 2 aromatic carbocycles. The minimum Gasteiger partial charge on any atom is -0.497 e. The van der Waals surface area contributed by atoms with Gasteiger partial charge in [0.15, 0.2) is 5.82 Å². The quantitative estimate of drug-likeness (QED) is 0.714. The van der Waals surface area contributed by atoms with Gasteiger partial charge in [0.25, 0.3) is 0 Å². The molecule has 0 saturated carbocycles. The standard InChI is InChI=1S/C17H16ClN5O3/c1-25-14-7-13(8-15(9-14)26-2)19-16(24)10-23-17(20-21-22-23)11-3-5-12(18)6-4-11/h3-9H,10H2,1-2H3,(H,19,24). The Kier molecular flexibility index (Phi) is 5.33. The van der Waals surface area contributed by atoms with E-state index in [1.54, 1.807) is 56.7 Å². The molecule has 0 bridgehead atoms. The molecule has 8 nitrogen and oxygen atoms in total. The molecule has 1 aromatic heterocycles. The van der Waals surface area contributed by atoms with Gasteiger partial charge in [-0.25, -0.2) is 4.68 Å². The highest BCUT2D eigenvalue weighted by Crippen LogP contribution is 2.26. The summed E-state index contributed by atoms with van der Waals surface area (Å²) < 4.78 is 11.8. The molecule has 9 heteroatoms. The molecule has 0 aliphatic heterocycles. The topological polar surface area (TPSA) is 91.2 Å². The number of anilines is 1. The number of hydrogen-bond donors (Lipinski definition) is 1. The van der Waals surface area contributed by atoms with Gasteiger partial charge in [-0.15, -0.1) is 5.10 Å². The fraction of sp³-hybridized carbons (Fsp3) is 0.176. The third kappa shape index (κ3) is 4.09. The van der Waals surface area contributed by atoms with Crippen LogP contribution in [0.1, 0.15) is 0 Å². The van der Waals surface area contributed by atoms with Crippen molar-refractivity contribution in [3.05, 3.63) is 47.5 Å². The molecule has 1 heterocycles. The molecule has 0 aliphatic rings. The van der Waals surface area contributed by atoms with Crippen molar-refractivity contribution in [1.82, 2.24) is 20.2 Å². The summed E-state index contributed by atoms with van der Waals surface area (Å²) in [6.07, 6.45) is 0. The number of halogens is 1. The zero-order valence-electron chi connectivity index (χ0n) is 14.1. The van der Waals surface area contributed by atoms with Crippen LogP contribution in [-0.4, -0.2) is 40.3 Å². The van der Waals surface area contributed by atoms with Crippen molar-refractivity contribution in [2.24, 2.45) is 0 Å². The minimum absolute atomic E-state index is 0.0511. The van der Waals surface area contributed by atoms with Gasteiger partial charge in [-0.05, 0) is 34.7 Å². The van der Waals surface area contributed by atoms with E-state index in [-0.39, 0.29) is 12.5 Å². The zero-order valence-corrected chi connectivity index (χ0v) is 14.9. The maximum absolute atomic E-state index is 12.4. The summed E-state index contributed by atoms with van der Waals surface area (Å²) in [6, 6.07) is 12.2. The van der Waals surface area contributed by atoms with Gasteiger partial charge in [0.1, 0.15) is 18.0 Å². The van der Waals surface area contributed by atoms with Crippen molar-refractivity contribution in [2.45, 2.75) is 6.54 Å². The highest BCUT2D eigenvalue weighted by molar-refractivity contribution is 6.30. The Morgan fingerprint density at radius 1 is 1.12 bits per heavy atom. The summed E-state index contributed by atoms with van der Waals surface area (Å²) in [5.41, 5.74) is 1.31. The number of rotatable bonds is 6. The average molecular weight is 374 g/mol. The second-order valence-electron chi connectivity index (χ2n) is 5.32. The van der Waals surface area contributed by atoms with Crippen LogP contribution in [0.25, 0.3) is 11.4 Å². The first-order chi connectivity index (χ1) is 12.6. The minimum atomic E-state index is -0.289. The van der Waals surface area contributed by atoms with Gasteiger partial charge in [-0.2, -0.15) is 0 Å². The van der Waals surface area contributed by atoms with Gasteiger partial charge in [-0.1, -0.05) is 11.6 Å². The third-order valence-electron chi connectivity index (χ3n) is 3.56. The van der Waals surface area contributed by atoms with E-state index < -0.39 is 0 Å². The largest absolute Gasteiger partial charge is 0.497 e. The number of aromatic nitrogens is 4. The Morgan fingerprint density at radius 3 is 2.38 bits per heavy atom. The Morgan fingerprint density at radius 2 is 1.77 bits per heavy atom. The number of hydrogen-bond acceptors (Lipinski definition) is 6. The molecule has 0 saturated heterocycles. The first kappa shape index (κ1) is 17.7. The lowest BCUT2D eigenvalue weighted by Gasteiger charge is -2.10. The van der Waals surface area contributed by atoms with Crippen LogP contribution in [0.3, 0.4) is 0 Å². The van der Waals surface area contributed by atoms with Gasteiger partial charge in [0.05, 0.1) is 14.2 Å². The molecule has 0 atom stereocenters. The Balaban J connectivity index is 1.75. The second-order valence-corrected chi connectivity index (χ2v) is 5.75. The van der Waals surface area contributed by atoms with E-state index in [2.05, 4.69) is 20.8 Å². The first-order valence-corrected chi connectivity index (χ1v) is 8.02. The first-order valence-electron chi connectivity index (χ1n) is 7.64. The molecule has 0 fully saturated rings. The fourth-order valence-corrected chi connectivity index (χ4v) is 2.46. The van der Waals surface area contributed by atoms with E-state index in [0.717, 1.165) is 5.56 Å². The van der Waals surface area contributed by atoms with Crippen LogP contribution >= 0.6 is 11.6 Å². The number of amides is 1. The normalized spacial score (nSPS) is 10.4. The highest BCUT2D eigenvalue weighted by atomic mass is 35.5. The lowest BCUT2D eigenvalue weighted by atomic mass is 10.2. The van der Waals surface area contributed by atoms with Gasteiger partial charge >= 0.3 is 0 Å². The summed E-state index contributed by atoms with van der Waals surface area (Å²) in [4.78, 5) is 12.4. The lowest BCUT2D eigenvalue weighted by Crippen LogP contribution is -2.20. The van der Waals surface area contributed by atoms with Crippen molar-refractivity contribution in [3.63, 3.8) is 0 Å². The Hall–Kier alpha value is -3.13. The molecular formula is C17H16ClN5O3. The number of methoxy groups -OCH3 is 2. The van der Waals surface area contributed by atoms with Crippen molar-refractivity contribution in [1.29, 1.82) is 0 Å². The van der Waals surface area contributed by atoms with Crippen LogP contribution in [0, 0.1) is 0 Å². The summed E-state index contributed by atoms with van der Waals surface area (Å²) in [5, 5.41) is 14.9. The summed E-state index contributed by atoms with van der Waals surface area (Å²) in [5.74, 6) is 1.33. The maximum Gasteiger partial charge on any atom is 0.246 e. The number of tetrazole rings is 1. The second kappa shape index (κ2) is 7.83. The summed E-state index contributed by atoms with van der Waals surface area (Å²) >= 11 is 5.89. The van der Waals surface area contributed by atoms with Crippen LogP contribution in [0.2, 0.25) is 5.02 Å². The van der Waals surface area contributed by atoms with Crippen LogP contribution in [0.15, 0.2) is 42.5 Å². The van der Waals surface area contributed by atoms with Crippen molar-refractivity contribution in [3.8, 4) is 22.9 Å². The van der Waals surface area contributed by atoms with E-state index in [1.165, 1.54) is 4.68 Å². The van der Waals surface area contributed by atoms with Crippen LogP contribution in [-0.2, 0) is 11.3 Å². The molecule has 134 valence electrons. The van der Waals surface area contributed by atoms with Gasteiger partial charge in [0.2, 0.25) is 5.91 Å². The molecule has 3 aromatic rings. The summed E-state index contributed by atoms with van der Waals surface area (Å²) in [6.45, 7) is -0.0511. The fourth-order valence-electron chi connectivity index (χ4n) is 2.33. The van der Waals surface area contributed by atoms with Gasteiger partial charge in [-0.3, -0.25) is 4.79 Å². The monoisotopic (exact) mass is 373 g/mol. The van der Waals surface area contributed by atoms with Crippen LogP contribution in [0.5, 0.6) is 11.5 Å². The smallest absolute Gasteiger partial charge is 0.246 e. The van der Waals surface area contributed by atoms with Crippen molar-refractivity contribution < 1.29 is 14.3 Å². The lowest BCUT2D eigenvalue weighted by molar-refractivity contribution is -0.116. The SMILES string of the molecule is COc1cc(NC(=O)Cn2nnnc2-c2ccc(Cl)cc2)cc(OC)c1. The molecule has 0 aliphatic carbocycles. The number of carbonyl (C=O) groups is 1. The highest BCUT2D eigenvalue weighted by Gasteiger charge is 2.13. The van der Waals surface area contributed by atoms with Crippen molar-refractivity contribution >= 4 is 23.2 Å². The van der Waals surface area contributed by atoms with E-state index in [4.69, 9.17) is 21.1 Å². The molecule has 3 rings (SSSR count). The predicted octanol–water partition coefficient (Wildman–Crippen LogP) is 2.65. The predicted molar refractivity (Wildman–Crippen MR) is 96.4 cm³/mol. The number of nitrogens with zero attached hydrogens (tertiary/aromatic N) is 4. The average Bonchev–Trinajstić information content (AvgIpc) is 3.09. The number of benzene rings is 2. The summed E-state index contributed by atoms with van der Waals surface area (Å²) in [7, 11) is 3.08. The Labute approximate surface area is 154 Å². The Bertz CT molecular complexity index is 889. The molecule has 26 heavy (non-hydrogen) atoms. The molecule has 0 spiro atoms. The van der Waals surface area contributed by atoms with E-state index in [9.17, 15) is 4.79 Å². The van der Waals surface area contributed by atoms with Gasteiger partial charge < -0.3 is 14.8 Å². The molecular weight excluding hydrogens is 358 g/mol. The van der Waals surface area contributed by atoms with Gasteiger partial charge in [0, 0.05) is 34.5 Å².